The zero-order valence-electron chi connectivity index (χ0n) is 56.3. The summed E-state index contributed by atoms with van der Waals surface area (Å²) >= 11 is 0. The van der Waals surface area contributed by atoms with E-state index in [1.807, 2.05) is 68.4 Å². The van der Waals surface area contributed by atoms with Crippen molar-refractivity contribution in [3.8, 4) is 127 Å². The SMILES string of the molecule is CN(C)C1CN(c2ccc(-c3nnc(-c4nc(-c5ccnc(C(C)(C)C#N)c5)cnc4N)o3)cc2)C1.COc1ccccc1-c1nnc(-c2nc(-c3ccnc(C4(C#N)CCNCC4)c3)cnc2N)o1.Cc1ccc(-c2nnc(-c3nc(-c4ccnc(C(C)(C)C#N)c4)cnc3N)o2)c(F)c1. The molecular formula is C72H67FN24O4. The molecule has 0 unspecified atom stereocenters. The molecule has 28 nitrogen and oxygen atoms in total. The molecule has 11 heterocycles. The number of nitrogens with one attached hydrogen (secondary N) is 1. The van der Waals surface area contributed by atoms with Crippen molar-refractivity contribution in [3.63, 3.8) is 0 Å². The first-order chi connectivity index (χ1) is 48.7. The fourth-order valence-electron chi connectivity index (χ4n) is 10.9. The lowest BCUT2D eigenvalue weighted by molar-refractivity contribution is 0.247. The quantitative estimate of drug-likeness (QED) is 0.0740. The zero-order chi connectivity index (χ0) is 71.2. The number of halogens is 1. The number of piperidine rings is 1. The van der Waals surface area contributed by atoms with Crippen LogP contribution in [0.15, 0.2) is 154 Å². The number of hydrogen-bond donors (Lipinski definition) is 4. The number of benzene rings is 3. The van der Waals surface area contributed by atoms with Crippen LogP contribution in [0, 0.1) is 46.7 Å². The van der Waals surface area contributed by atoms with Crippen molar-refractivity contribution in [1.29, 1.82) is 15.8 Å². The molecule has 0 saturated carbocycles. The summed E-state index contributed by atoms with van der Waals surface area (Å²) in [5, 5.41) is 56.6. The monoisotopic (exact) mass is 1350 g/mol. The molecule has 7 N–H and O–H groups in total. The van der Waals surface area contributed by atoms with Gasteiger partial charge >= 0.3 is 0 Å². The molecular weight excluding hydrogens is 1280 g/mol. The third kappa shape index (κ3) is 14.6. The van der Waals surface area contributed by atoms with Crippen molar-refractivity contribution in [2.24, 2.45) is 0 Å². The van der Waals surface area contributed by atoms with Gasteiger partial charge in [0.15, 0.2) is 34.5 Å². The van der Waals surface area contributed by atoms with E-state index < -0.39 is 22.1 Å². The number of hydrogen-bond acceptors (Lipinski definition) is 28. The number of anilines is 4. The van der Waals surface area contributed by atoms with E-state index in [2.05, 4.69) is 135 Å². The summed E-state index contributed by atoms with van der Waals surface area (Å²) in [5.41, 5.74) is 26.2. The Labute approximate surface area is 579 Å². The Morgan fingerprint density at radius 1 is 0.564 bits per heavy atom. The maximum atomic E-state index is 14.3. The molecule has 9 aromatic heterocycles. The molecule has 2 aliphatic heterocycles. The van der Waals surface area contributed by atoms with Crippen LogP contribution in [0.1, 0.15) is 63.2 Å². The number of methoxy groups -OCH3 is 1. The van der Waals surface area contributed by atoms with Crippen LogP contribution in [0.25, 0.3) is 103 Å². The molecule has 0 amide bonds. The Balaban J connectivity index is 0.000000144. The number of aromatic nitrogens is 15. The van der Waals surface area contributed by atoms with E-state index in [0.717, 1.165) is 59.8 Å². The predicted octanol–water partition coefficient (Wildman–Crippen LogP) is 10.5. The van der Waals surface area contributed by atoms with E-state index in [-0.39, 0.29) is 63.9 Å². The normalized spacial score (nSPS) is 13.5. The molecule has 3 aromatic carbocycles. The van der Waals surface area contributed by atoms with Gasteiger partial charge in [-0.25, -0.2) is 34.3 Å². The summed E-state index contributed by atoms with van der Waals surface area (Å²) in [4.78, 5) is 44.3. The second-order valence-corrected chi connectivity index (χ2v) is 25.2. The standard InChI is InChI=1S/C26H27N9O.C24H22N8O2.C22H18FN7O/c1-26(2,15-27)21-11-17(9-10-29-21)20-12-30-23(28)22(31-20)25-33-32-24(36-25)16-5-7-18(8-6-16)35-13-19(14-35)34(3)4;1-33-18-5-3-2-4-16(18)22-31-32-23(34-22)20-21(26)29-13-17(30-20)15-6-9-28-19(12-15)24(14-25)7-10-27-11-8-24;1-12-4-5-14(15(23)8-12)20-29-30-21(31-20)18-19(25)27-10-16(28-18)13-6-7-26-17(9-13)22(2,3)11-24/h5-12,19H,13-14H2,1-4H3,(H2,28,30);2-6,9,12-13,27H,7-8,10-11H2,1H3,(H2,26,29);4-10H,1-3H3,(H2,25,27). The number of nitrogens with two attached hydrogens (primary N) is 3. The highest BCUT2D eigenvalue weighted by atomic mass is 19.1. The van der Waals surface area contributed by atoms with Crippen LogP contribution in [-0.4, -0.2) is 134 Å². The topological polar surface area (TPSA) is 410 Å². The van der Waals surface area contributed by atoms with E-state index in [9.17, 15) is 20.2 Å². The van der Waals surface area contributed by atoms with Crippen molar-refractivity contribution >= 4 is 23.1 Å². The average Bonchev–Trinajstić information content (AvgIpc) is 1.49. The Hall–Kier alpha value is -12.9. The molecule has 12 aromatic rings. The molecule has 0 spiro atoms. The first-order valence-corrected chi connectivity index (χ1v) is 31.8. The van der Waals surface area contributed by atoms with Gasteiger partial charge in [-0.2, -0.15) is 15.8 Å². The van der Waals surface area contributed by atoms with Gasteiger partial charge in [0.25, 0.3) is 29.5 Å². The fourth-order valence-corrected chi connectivity index (χ4v) is 10.9. The lowest BCUT2D eigenvalue weighted by atomic mass is 9.77. The van der Waals surface area contributed by atoms with Gasteiger partial charge in [-0.3, -0.25) is 15.0 Å². The predicted molar refractivity (Wildman–Crippen MR) is 373 cm³/mol. The van der Waals surface area contributed by atoms with Crippen molar-refractivity contribution in [3.05, 3.63) is 169 Å². The number of nitrogen functional groups attached to an aromatic ring is 3. The summed E-state index contributed by atoms with van der Waals surface area (Å²) in [6.45, 7) is 12.6. The van der Waals surface area contributed by atoms with E-state index in [4.69, 9.17) is 35.2 Å². The van der Waals surface area contributed by atoms with Crippen LogP contribution in [0.4, 0.5) is 27.5 Å². The van der Waals surface area contributed by atoms with E-state index in [1.165, 1.54) is 12.3 Å². The van der Waals surface area contributed by atoms with Gasteiger partial charge in [0, 0.05) is 65.7 Å². The zero-order valence-corrected chi connectivity index (χ0v) is 56.3. The average molecular weight is 1350 g/mol. The summed E-state index contributed by atoms with van der Waals surface area (Å²) in [6.07, 6.45) is 11.0. The smallest absolute Gasteiger partial charge is 0.270 e. The van der Waals surface area contributed by atoms with Crippen molar-refractivity contribution in [2.45, 2.75) is 69.7 Å². The number of nitrogens with zero attached hydrogens (tertiary/aromatic N) is 20. The van der Waals surface area contributed by atoms with Gasteiger partial charge < -0.3 is 50.3 Å². The summed E-state index contributed by atoms with van der Waals surface area (Å²) in [7, 11) is 5.79. The van der Waals surface area contributed by atoms with Crippen molar-refractivity contribution < 1.29 is 22.4 Å². The first kappa shape index (κ1) is 68.0. The van der Waals surface area contributed by atoms with E-state index in [1.54, 1.807) is 89.2 Å². The number of ether oxygens (including phenoxy) is 1. The van der Waals surface area contributed by atoms with E-state index >= 15 is 0 Å². The number of pyridine rings is 3. The maximum Gasteiger partial charge on any atom is 0.270 e. The van der Waals surface area contributed by atoms with Gasteiger partial charge in [-0.05, 0) is 165 Å². The third-order valence-electron chi connectivity index (χ3n) is 17.2. The Morgan fingerprint density at radius 3 is 1.51 bits per heavy atom. The van der Waals surface area contributed by atoms with Crippen molar-refractivity contribution in [1.82, 2.24) is 85.7 Å². The summed E-state index contributed by atoms with van der Waals surface area (Å²) in [5.74, 6) is 1.62. The molecule has 14 rings (SSSR count). The number of aryl methyl sites for hydroxylation is 1. The lowest BCUT2D eigenvalue weighted by Crippen LogP contribution is -2.57. The second-order valence-electron chi connectivity index (χ2n) is 25.2. The van der Waals surface area contributed by atoms with Gasteiger partial charge in [0.05, 0.1) is 100 Å². The summed E-state index contributed by atoms with van der Waals surface area (Å²) < 4.78 is 37.1. The van der Waals surface area contributed by atoms with Crippen LogP contribution in [0.5, 0.6) is 5.75 Å². The third-order valence-corrected chi connectivity index (χ3v) is 17.2. The van der Waals surface area contributed by atoms with Crippen molar-refractivity contribution in [2.75, 3.05) is 69.5 Å². The van der Waals surface area contributed by atoms with Crippen LogP contribution < -0.4 is 32.2 Å². The minimum Gasteiger partial charge on any atom is -0.496 e. The molecule has 29 heteroatoms. The van der Waals surface area contributed by atoms with Crippen LogP contribution in [0.2, 0.25) is 0 Å². The molecule has 0 atom stereocenters. The largest absolute Gasteiger partial charge is 0.496 e. The maximum absolute atomic E-state index is 14.3. The Kier molecular flexibility index (Phi) is 19.3. The van der Waals surface area contributed by atoms with Gasteiger partial charge in [0.1, 0.15) is 17.0 Å². The molecule has 2 fully saturated rings. The van der Waals surface area contributed by atoms with E-state index in [0.29, 0.717) is 75.8 Å². The van der Waals surface area contributed by atoms with Crippen LogP contribution >= 0.6 is 0 Å². The van der Waals surface area contributed by atoms with Gasteiger partial charge in [0.2, 0.25) is 5.89 Å². The second kappa shape index (κ2) is 28.7. The number of likely N-dealkylation sites (N-methyl/N-ethyl adjacent to an activating group) is 1. The lowest BCUT2D eigenvalue weighted by Gasteiger charge is -2.44. The fraction of sp³-hybridized carbons (Fsp3) is 0.250. The molecule has 2 saturated heterocycles. The van der Waals surface area contributed by atoms with Gasteiger partial charge in [-0.1, -0.05) is 18.2 Å². The highest BCUT2D eigenvalue weighted by Crippen LogP contribution is 2.38. The van der Waals surface area contributed by atoms with Crippen LogP contribution in [0.3, 0.4) is 0 Å². The Bertz CT molecular complexity index is 5140. The Morgan fingerprint density at radius 2 is 1.03 bits per heavy atom. The molecule has 2 aliphatic rings. The minimum absolute atomic E-state index is 0.0149. The minimum atomic E-state index is -0.764. The first-order valence-electron chi connectivity index (χ1n) is 31.8. The molecule has 0 aliphatic carbocycles. The number of nitriles is 3. The molecule has 506 valence electrons. The number of rotatable bonds is 15. The highest BCUT2D eigenvalue weighted by molar-refractivity contribution is 5.73. The van der Waals surface area contributed by atoms with Crippen LogP contribution in [-0.2, 0) is 16.2 Å². The number of para-hydroxylation sites is 1. The molecule has 0 bridgehead atoms. The molecule has 101 heavy (non-hydrogen) atoms. The van der Waals surface area contributed by atoms with Gasteiger partial charge in [-0.15, -0.1) is 30.6 Å². The highest BCUT2D eigenvalue weighted by Gasteiger charge is 2.36. The molecule has 0 radical (unpaired) electrons. The summed E-state index contributed by atoms with van der Waals surface area (Å²) in [6, 6.07) is 38.6.